The molecular formula is C21H29N5O3. The molecule has 0 bridgehead atoms. The van der Waals surface area contributed by atoms with Crippen LogP contribution < -0.4 is 14.8 Å². The molecule has 1 amide bonds. The van der Waals surface area contributed by atoms with E-state index >= 15 is 0 Å². The molecule has 8 heteroatoms. The van der Waals surface area contributed by atoms with Gasteiger partial charge in [-0.25, -0.2) is 0 Å². The molecule has 8 nitrogen and oxygen atoms in total. The van der Waals surface area contributed by atoms with E-state index in [4.69, 9.17) is 9.47 Å². The number of carbonyl (C=O) groups is 1. The lowest BCUT2D eigenvalue weighted by atomic mass is 10.1. The summed E-state index contributed by atoms with van der Waals surface area (Å²) in [6.07, 6.45) is 4.72. The minimum atomic E-state index is 0.0553. The fourth-order valence-electron chi connectivity index (χ4n) is 4.08. The monoisotopic (exact) mass is 399 g/mol. The van der Waals surface area contributed by atoms with Gasteiger partial charge in [0.05, 0.1) is 13.3 Å². The molecule has 2 aliphatic rings. The lowest BCUT2D eigenvalue weighted by molar-refractivity contribution is 0.0773. The minimum Gasteiger partial charge on any atom is -0.493 e. The number of carbonyl (C=O) groups excluding carboxylic acids is 1. The standard InChI is InChI=1S/C21H29N5O3/c1-24-13-16(12-23-24)15-29-19-4-3-17(11-20(19)28-2)21(27)26-8-5-18(14-26)25-9-6-22-7-10-25/h3-4,11-13,18,22H,5-10,14-15H2,1-2H3. The van der Waals surface area contributed by atoms with E-state index in [1.54, 1.807) is 24.1 Å². The van der Waals surface area contributed by atoms with Crippen molar-refractivity contribution < 1.29 is 14.3 Å². The highest BCUT2D eigenvalue weighted by atomic mass is 16.5. The Morgan fingerprint density at radius 3 is 2.79 bits per heavy atom. The van der Waals surface area contributed by atoms with Gasteiger partial charge in [0.1, 0.15) is 6.61 Å². The van der Waals surface area contributed by atoms with Crippen LogP contribution in [0.1, 0.15) is 22.3 Å². The van der Waals surface area contributed by atoms with Crippen LogP contribution in [0.25, 0.3) is 0 Å². The van der Waals surface area contributed by atoms with Crippen LogP contribution in [0.5, 0.6) is 11.5 Å². The zero-order valence-electron chi connectivity index (χ0n) is 17.1. The number of methoxy groups -OCH3 is 1. The number of nitrogens with zero attached hydrogens (tertiary/aromatic N) is 4. The molecule has 156 valence electrons. The van der Waals surface area contributed by atoms with Gasteiger partial charge in [-0.3, -0.25) is 14.4 Å². The lowest BCUT2D eigenvalue weighted by Crippen LogP contribution is -2.49. The van der Waals surface area contributed by atoms with E-state index in [1.807, 2.05) is 30.3 Å². The van der Waals surface area contributed by atoms with Gasteiger partial charge in [0, 0.05) is 69.7 Å². The van der Waals surface area contributed by atoms with E-state index in [2.05, 4.69) is 15.3 Å². The molecule has 0 radical (unpaired) electrons. The van der Waals surface area contributed by atoms with Crippen LogP contribution >= 0.6 is 0 Å². The average Bonchev–Trinajstić information content (AvgIpc) is 3.41. The number of ether oxygens (including phenoxy) is 2. The number of nitrogens with one attached hydrogen (secondary N) is 1. The molecule has 2 aliphatic heterocycles. The average molecular weight is 399 g/mol. The van der Waals surface area contributed by atoms with Gasteiger partial charge in [0.25, 0.3) is 5.91 Å². The molecule has 3 heterocycles. The van der Waals surface area contributed by atoms with Gasteiger partial charge in [-0.1, -0.05) is 0 Å². The molecule has 2 saturated heterocycles. The predicted molar refractivity (Wildman–Crippen MR) is 109 cm³/mol. The summed E-state index contributed by atoms with van der Waals surface area (Å²) in [5.74, 6) is 1.24. The van der Waals surface area contributed by atoms with Crippen molar-refractivity contribution >= 4 is 5.91 Å². The number of piperazine rings is 1. The number of benzene rings is 1. The topological polar surface area (TPSA) is 71.9 Å². The molecule has 1 unspecified atom stereocenters. The SMILES string of the molecule is COc1cc(C(=O)N2CCC(N3CCNCC3)C2)ccc1OCc1cnn(C)c1. The normalized spacial score (nSPS) is 20.1. The maximum atomic E-state index is 13.0. The van der Waals surface area contributed by atoms with E-state index in [0.29, 0.717) is 29.7 Å². The van der Waals surface area contributed by atoms with E-state index in [0.717, 1.165) is 51.3 Å². The van der Waals surface area contributed by atoms with Crippen molar-refractivity contribution in [2.24, 2.45) is 7.05 Å². The van der Waals surface area contributed by atoms with Crippen molar-refractivity contribution in [2.45, 2.75) is 19.1 Å². The Balaban J connectivity index is 1.39. The fourth-order valence-corrected chi connectivity index (χ4v) is 4.08. The summed E-state index contributed by atoms with van der Waals surface area (Å²) in [5.41, 5.74) is 1.61. The molecule has 0 spiro atoms. The summed E-state index contributed by atoms with van der Waals surface area (Å²) in [5, 5.41) is 7.53. The fraction of sp³-hybridized carbons (Fsp3) is 0.524. The number of hydrogen-bond donors (Lipinski definition) is 1. The summed E-state index contributed by atoms with van der Waals surface area (Å²) in [7, 11) is 3.46. The molecule has 1 aromatic heterocycles. The van der Waals surface area contributed by atoms with Gasteiger partial charge in [-0.05, 0) is 24.6 Å². The number of rotatable bonds is 6. The van der Waals surface area contributed by atoms with Gasteiger partial charge in [-0.2, -0.15) is 5.10 Å². The van der Waals surface area contributed by atoms with Crippen LogP contribution in [0.4, 0.5) is 0 Å². The third-order valence-electron chi connectivity index (χ3n) is 5.68. The maximum absolute atomic E-state index is 13.0. The minimum absolute atomic E-state index is 0.0553. The smallest absolute Gasteiger partial charge is 0.254 e. The first-order valence-electron chi connectivity index (χ1n) is 10.2. The van der Waals surface area contributed by atoms with Crippen LogP contribution in [0.15, 0.2) is 30.6 Å². The van der Waals surface area contributed by atoms with Gasteiger partial charge in [-0.15, -0.1) is 0 Å². The first-order chi connectivity index (χ1) is 14.1. The van der Waals surface area contributed by atoms with Gasteiger partial charge >= 0.3 is 0 Å². The van der Waals surface area contributed by atoms with Crippen LogP contribution in [-0.2, 0) is 13.7 Å². The van der Waals surface area contributed by atoms with Crippen molar-refractivity contribution in [3.05, 3.63) is 41.7 Å². The Morgan fingerprint density at radius 1 is 1.24 bits per heavy atom. The molecule has 0 aliphatic carbocycles. The second-order valence-corrected chi connectivity index (χ2v) is 7.66. The number of hydrogen-bond acceptors (Lipinski definition) is 6. The van der Waals surface area contributed by atoms with Gasteiger partial charge in [0.15, 0.2) is 11.5 Å². The Morgan fingerprint density at radius 2 is 2.07 bits per heavy atom. The van der Waals surface area contributed by atoms with E-state index in [9.17, 15) is 4.79 Å². The molecule has 0 saturated carbocycles. The highest BCUT2D eigenvalue weighted by Crippen LogP contribution is 2.30. The highest BCUT2D eigenvalue weighted by molar-refractivity contribution is 5.95. The van der Waals surface area contributed by atoms with Crippen molar-refractivity contribution in [1.82, 2.24) is 24.9 Å². The molecular weight excluding hydrogens is 370 g/mol. The summed E-state index contributed by atoms with van der Waals surface area (Å²) < 4.78 is 13.1. The summed E-state index contributed by atoms with van der Waals surface area (Å²) >= 11 is 0. The first kappa shape index (κ1) is 19.7. The summed E-state index contributed by atoms with van der Waals surface area (Å²) in [6, 6.07) is 5.87. The molecule has 4 rings (SSSR count). The summed E-state index contributed by atoms with van der Waals surface area (Å²) in [4.78, 5) is 17.5. The number of aromatic nitrogens is 2. The molecule has 2 fully saturated rings. The van der Waals surface area contributed by atoms with E-state index < -0.39 is 0 Å². The Kier molecular flexibility index (Phi) is 6.01. The van der Waals surface area contributed by atoms with Gasteiger partial charge < -0.3 is 19.7 Å². The second kappa shape index (κ2) is 8.84. The van der Waals surface area contributed by atoms with Crippen LogP contribution in [0.2, 0.25) is 0 Å². The molecule has 2 aromatic rings. The first-order valence-corrected chi connectivity index (χ1v) is 10.2. The Hall–Kier alpha value is -2.58. The van der Waals surface area contributed by atoms with E-state index in [1.165, 1.54) is 0 Å². The van der Waals surface area contributed by atoms with Crippen molar-refractivity contribution in [1.29, 1.82) is 0 Å². The maximum Gasteiger partial charge on any atom is 0.254 e. The van der Waals surface area contributed by atoms with Crippen LogP contribution in [0, 0.1) is 0 Å². The Labute approximate surface area is 171 Å². The third kappa shape index (κ3) is 4.54. The zero-order chi connectivity index (χ0) is 20.2. The second-order valence-electron chi connectivity index (χ2n) is 7.66. The predicted octanol–water partition coefficient (Wildman–Crippen LogP) is 1.13. The van der Waals surface area contributed by atoms with Crippen molar-refractivity contribution in [3.8, 4) is 11.5 Å². The quantitative estimate of drug-likeness (QED) is 0.785. The number of likely N-dealkylation sites (tertiary alicyclic amines) is 1. The largest absolute Gasteiger partial charge is 0.493 e. The number of amides is 1. The Bertz CT molecular complexity index is 847. The van der Waals surface area contributed by atoms with E-state index in [-0.39, 0.29) is 5.91 Å². The molecule has 1 atom stereocenters. The number of aryl methyl sites for hydroxylation is 1. The molecule has 29 heavy (non-hydrogen) atoms. The van der Waals surface area contributed by atoms with Crippen molar-refractivity contribution in [2.75, 3.05) is 46.4 Å². The highest BCUT2D eigenvalue weighted by Gasteiger charge is 2.31. The molecule has 1 N–H and O–H groups in total. The van der Waals surface area contributed by atoms with Crippen molar-refractivity contribution in [3.63, 3.8) is 0 Å². The zero-order valence-corrected chi connectivity index (χ0v) is 17.1. The summed E-state index contributed by atoms with van der Waals surface area (Å²) in [6.45, 7) is 6.17. The third-order valence-corrected chi connectivity index (χ3v) is 5.68. The lowest BCUT2D eigenvalue weighted by Gasteiger charge is -2.32. The molecule has 1 aromatic carbocycles. The van der Waals surface area contributed by atoms with Crippen LogP contribution in [-0.4, -0.2) is 77.9 Å². The van der Waals surface area contributed by atoms with Gasteiger partial charge in [0.2, 0.25) is 0 Å². The van der Waals surface area contributed by atoms with Crippen LogP contribution in [0.3, 0.4) is 0 Å².